The number of fused-ring (bicyclic) bond motifs is 1. The van der Waals surface area contributed by atoms with Crippen molar-refractivity contribution in [3.63, 3.8) is 0 Å². The van der Waals surface area contributed by atoms with E-state index < -0.39 is 0 Å². The van der Waals surface area contributed by atoms with Gasteiger partial charge in [-0.15, -0.1) is 0 Å². The third kappa shape index (κ3) is 4.32. The summed E-state index contributed by atoms with van der Waals surface area (Å²) >= 11 is 0. The van der Waals surface area contributed by atoms with Crippen molar-refractivity contribution < 1.29 is 14.3 Å². The number of para-hydroxylation sites is 1. The van der Waals surface area contributed by atoms with Crippen LogP contribution in [0.4, 0.5) is 0 Å². The summed E-state index contributed by atoms with van der Waals surface area (Å²) in [5.41, 5.74) is 1.13. The van der Waals surface area contributed by atoms with Crippen molar-refractivity contribution in [2.75, 3.05) is 27.3 Å². The first-order valence-corrected chi connectivity index (χ1v) is 9.96. The minimum Gasteiger partial charge on any atom is -0.493 e. The van der Waals surface area contributed by atoms with Crippen LogP contribution in [-0.4, -0.2) is 44.2 Å². The molecule has 1 aromatic rings. The van der Waals surface area contributed by atoms with Crippen LogP contribution in [0.15, 0.2) is 18.2 Å². The highest BCUT2D eigenvalue weighted by Crippen LogP contribution is 2.35. The quantitative estimate of drug-likeness (QED) is 0.894. The Balaban J connectivity index is 1.84. The molecule has 144 valence electrons. The van der Waals surface area contributed by atoms with Crippen molar-refractivity contribution >= 4 is 5.91 Å². The van der Waals surface area contributed by atoms with Crippen LogP contribution in [0.2, 0.25) is 0 Å². The first kappa shape index (κ1) is 19.0. The summed E-state index contributed by atoms with van der Waals surface area (Å²) in [5.74, 6) is 1.94. The highest BCUT2D eigenvalue weighted by molar-refractivity contribution is 5.79. The van der Waals surface area contributed by atoms with E-state index in [2.05, 4.69) is 16.3 Å². The zero-order chi connectivity index (χ0) is 18.4. The number of rotatable bonds is 4. The van der Waals surface area contributed by atoms with Gasteiger partial charge in [0.1, 0.15) is 0 Å². The molecule has 1 saturated heterocycles. The summed E-state index contributed by atoms with van der Waals surface area (Å²) in [6, 6.07) is 6.38. The summed E-state index contributed by atoms with van der Waals surface area (Å²) in [6.07, 6.45) is 7.92. The van der Waals surface area contributed by atoms with Crippen LogP contribution < -0.4 is 14.8 Å². The lowest BCUT2D eigenvalue weighted by Gasteiger charge is -2.33. The van der Waals surface area contributed by atoms with Crippen molar-refractivity contribution in [3.05, 3.63) is 23.8 Å². The van der Waals surface area contributed by atoms with Gasteiger partial charge in [0.05, 0.1) is 20.1 Å². The molecule has 2 unspecified atom stereocenters. The minimum absolute atomic E-state index is 0.115. The number of ether oxygens (including phenoxy) is 2. The number of amides is 1. The van der Waals surface area contributed by atoms with E-state index in [1.807, 2.05) is 12.1 Å². The molecule has 1 saturated carbocycles. The van der Waals surface area contributed by atoms with Gasteiger partial charge in [-0.1, -0.05) is 31.4 Å². The maximum Gasteiger partial charge on any atom is 0.224 e. The largest absolute Gasteiger partial charge is 0.493 e. The van der Waals surface area contributed by atoms with Gasteiger partial charge in [-0.3, -0.25) is 9.69 Å². The molecule has 1 heterocycles. The number of nitrogens with one attached hydrogen (secondary N) is 1. The monoisotopic (exact) mass is 360 g/mol. The number of carbonyl (C=O) groups excluding carboxylic acids is 1. The van der Waals surface area contributed by atoms with E-state index in [0.29, 0.717) is 6.04 Å². The number of hydrogen-bond donors (Lipinski definition) is 1. The third-order valence-corrected chi connectivity index (χ3v) is 5.81. The molecule has 2 atom stereocenters. The van der Waals surface area contributed by atoms with E-state index >= 15 is 0 Å². The standard InChI is InChI=1S/C21H32N2O3/c1-25-19-12-7-9-16(20(19)26-2)15-23-14-6-4-3-5-13-22-21(24)17-10-8-11-18(17)23/h7,9,12,17-18H,3-6,8,10-11,13-15H2,1-2H3,(H,22,24). The van der Waals surface area contributed by atoms with E-state index in [4.69, 9.17) is 9.47 Å². The molecule has 0 aromatic heterocycles. The maximum absolute atomic E-state index is 12.7. The summed E-state index contributed by atoms with van der Waals surface area (Å²) in [5, 5.41) is 3.17. The van der Waals surface area contributed by atoms with Crippen molar-refractivity contribution in [1.29, 1.82) is 0 Å². The van der Waals surface area contributed by atoms with Gasteiger partial charge in [0, 0.05) is 24.7 Å². The van der Waals surface area contributed by atoms with Crippen LogP contribution in [0.5, 0.6) is 11.5 Å². The van der Waals surface area contributed by atoms with E-state index in [-0.39, 0.29) is 11.8 Å². The van der Waals surface area contributed by atoms with Crippen molar-refractivity contribution in [1.82, 2.24) is 10.2 Å². The molecule has 5 heteroatoms. The molecule has 0 spiro atoms. The molecule has 1 aromatic carbocycles. The number of methoxy groups -OCH3 is 2. The van der Waals surface area contributed by atoms with Gasteiger partial charge in [0.25, 0.3) is 0 Å². The normalized spacial score (nSPS) is 25.1. The number of carbonyl (C=O) groups is 1. The molecule has 1 amide bonds. The van der Waals surface area contributed by atoms with Crippen LogP contribution in [0.25, 0.3) is 0 Å². The molecule has 2 fully saturated rings. The van der Waals surface area contributed by atoms with Crippen molar-refractivity contribution in [2.24, 2.45) is 5.92 Å². The third-order valence-electron chi connectivity index (χ3n) is 5.81. The second kappa shape index (κ2) is 9.26. The Bertz CT molecular complexity index is 605. The van der Waals surface area contributed by atoms with E-state index in [0.717, 1.165) is 62.4 Å². The van der Waals surface area contributed by atoms with Crippen LogP contribution >= 0.6 is 0 Å². The number of nitrogens with zero attached hydrogens (tertiary/aromatic N) is 1. The zero-order valence-corrected chi connectivity index (χ0v) is 16.1. The second-order valence-electron chi connectivity index (χ2n) is 7.43. The molecule has 3 rings (SSSR count). The Morgan fingerprint density at radius 2 is 1.92 bits per heavy atom. The highest BCUT2D eigenvalue weighted by atomic mass is 16.5. The van der Waals surface area contributed by atoms with E-state index in [1.54, 1.807) is 14.2 Å². The summed E-state index contributed by atoms with van der Waals surface area (Å²) < 4.78 is 11.1. The van der Waals surface area contributed by atoms with Crippen LogP contribution in [-0.2, 0) is 11.3 Å². The fraction of sp³-hybridized carbons (Fsp3) is 0.667. The lowest BCUT2D eigenvalue weighted by Crippen LogP contribution is -2.44. The topological polar surface area (TPSA) is 50.8 Å². The fourth-order valence-electron chi connectivity index (χ4n) is 4.48. The van der Waals surface area contributed by atoms with Gasteiger partial charge in [0.15, 0.2) is 11.5 Å². The first-order valence-electron chi connectivity index (χ1n) is 9.96. The SMILES string of the molecule is COc1cccc(CN2CCCCCCNC(=O)C3CCCC32)c1OC. The van der Waals surface area contributed by atoms with Crippen molar-refractivity contribution in [3.8, 4) is 11.5 Å². The maximum atomic E-state index is 12.7. The van der Waals surface area contributed by atoms with Crippen LogP contribution in [0.3, 0.4) is 0 Å². The van der Waals surface area contributed by atoms with Gasteiger partial charge in [-0.05, 0) is 38.3 Å². The van der Waals surface area contributed by atoms with Crippen LogP contribution in [0.1, 0.15) is 50.5 Å². The van der Waals surface area contributed by atoms with Gasteiger partial charge in [0.2, 0.25) is 5.91 Å². The molecular formula is C21H32N2O3. The highest BCUT2D eigenvalue weighted by Gasteiger charge is 2.37. The van der Waals surface area contributed by atoms with Gasteiger partial charge < -0.3 is 14.8 Å². The smallest absolute Gasteiger partial charge is 0.224 e. The molecular weight excluding hydrogens is 328 g/mol. The lowest BCUT2D eigenvalue weighted by molar-refractivity contribution is -0.126. The zero-order valence-electron chi connectivity index (χ0n) is 16.1. The Morgan fingerprint density at radius 3 is 2.73 bits per heavy atom. The minimum atomic E-state index is 0.115. The summed E-state index contributed by atoms with van der Waals surface area (Å²) in [4.78, 5) is 15.2. The molecule has 1 N–H and O–H groups in total. The molecule has 2 aliphatic rings. The number of hydrogen-bond acceptors (Lipinski definition) is 4. The van der Waals surface area contributed by atoms with E-state index in [9.17, 15) is 4.79 Å². The molecule has 1 aliphatic carbocycles. The Labute approximate surface area is 157 Å². The first-order chi connectivity index (χ1) is 12.7. The Morgan fingerprint density at radius 1 is 1.08 bits per heavy atom. The number of benzene rings is 1. The predicted molar refractivity (Wildman–Crippen MR) is 103 cm³/mol. The van der Waals surface area contributed by atoms with Crippen LogP contribution in [0, 0.1) is 5.92 Å². The fourth-order valence-corrected chi connectivity index (χ4v) is 4.48. The molecule has 26 heavy (non-hydrogen) atoms. The lowest BCUT2D eigenvalue weighted by atomic mass is 9.99. The van der Waals surface area contributed by atoms with E-state index in [1.165, 1.54) is 19.3 Å². The average Bonchev–Trinajstić information content (AvgIpc) is 3.14. The summed E-state index contributed by atoms with van der Waals surface area (Å²) in [7, 11) is 3.37. The predicted octanol–water partition coefficient (Wildman–Crippen LogP) is 3.36. The Hall–Kier alpha value is -1.75. The summed E-state index contributed by atoms with van der Waals surface area (Å²) in [6.45, 7) is 2.66. The van der Waals surface area contributed by atoms with Gasteiger partial charge >= 0.3 is 0 Å². The van der Waals surface area contributed by atoms with Gasteiger partial charge in [-0.25, -0.2) is 0 Å². The second-order valence-corrected chi connectivity index (χ2v) is 7.43. The van der Waals surface area contributed by atoms with Crippen molar-refractivity contribution in [2.45, 2.75) is 57.5 Å². The molecule has 1 aliphatic heterocycles. The Kier molecular flexibility index (Phi) is 6.78. The average molecular weight is 360 g/mol. The molecule has 0 radical (unpaired) electrons. The van der Waals surface area contributed by atoms with Gasteiger partial charge in [-0.2, -0.15) is 0 Å². The molecule has 0 bridgehead atoms. The molecule has 5 nitrogen and oxygen atoms in total.